The van der Waals surface area contributed by atoms with E-state index in [0.29, 0.717) is 12.7 Å². The van der Waals surface area contributed by atoms with Gasteiger partial charge in [0.05, 0.1) is 6.04 Å². The van der Waals surface area contributed by atoms with Gasteiger partial charge in [0.1, 0.15) is 25.0 Å². The number of carbonyl (C=O) groups is 4. The molecule has 3 unspecified atom stereocenters. The molecular weight excluding hydrogens is 386 g/mol. The Bertz CT molecular complexity index is 706. The summed E-state index contributed by atoms with van der Waals surface area (Å²) in [7, 11) is 0. The molecule has 0 saturated heterocycles. The van der Waals surface area contributed by atoms with Gasteiger partial charge in [-0.15, -0.1) is 0 Å². The minimum atomic E-state index is -0.874. The maximum Gasteiger partial charge on any atom is 0.408 e. The molecule has 1 aromatic rings. The summed E-state index contributed by atoms with van der Waals surface area (Å²) in [6.45, 7) is 9.05. The van der Waals surface area contributed by atoms with Gasteiger partial charge >= 0.3 is 6.09 Å². The van der Waals surface area contributed by atoms with Crippen molar-refractivity contribution in [3.05, 3.63) is 35.9 Å². The molecule has 0 aromatic heterocycles. The summed E-state index contributed by atoms with van der Waals surface area (Å²) in [4.78, 5) is 48.2. The molecule has 0 spiro atoms. The molecule has 0 fully saturated rings. The van der Waals surface area contributed by atoms with Crippen LogP contribution in [0.1, 0.15) is 46.6 Å². The maximum atomic E-state index is 12.6. The summed E-state index contributed by atoms with van der Waals surface area (Å²) in [5.41, 5.74) is 0.828. The fraction of sp³-hybridized carbons (Fsp3) is 0.545. The summed E-state index contributed by atoms with van der Waals surface area (Å²) >= 11 is 0. The lowest BCUT2D eigenvalue weighted by atomic mass is 10.0. The van der Waals surface area contributed by atoms with E-state index in [0.717, 1.165) is 5.56 Å². The Hall–Kier alpha value is -2.90. The molecule has 8 nitrogen and oxygen atoms in total. The van der Waals surface area contributed by atoms with Crippen LogP contribution >= 0.6 is 0 Å². The van der Waals surface area contributed by atoms with E-state index in [4.69, 9.17) is 4.74 Å². The zero-order chi connectivity index (χ0) is 22.7. The number of aldehydes is 1. The fourth-order valence-corrected chi connectivity index (χ4v) is 2.76. The van der Waals surface area contributed by atoms with Crippen LogP contribution in [-0.2, 0) is 25.7 Å². The highest BCUT2D eigenvalue weighted by molar-refractivity contribution is 5.92. The molecular formula is C22H33N3O5. The van der Waals surface area contributed by atoms with Gasteiger partial charge in [-0.05, 0) is 30.7 Å². The van der Waals surface area contributed by atoms with Crippen molar-refractivity contribution in [1.82, 2.24) is 16.0 Å². The zero-order valence-electron chi connectivity index (χ0n) is 18.3. The first-order valence-electron chi connectivity index (χ1n) is 10.2. The number of alkyl carbamates (subject to hydrolysis) is 1. The standard InChI is InChI=1S/C22H33N3O5/c1-14(2)11-18(12-26)24-20(27)16(5)23-21(28)19(15(3)4)25-22(29)30-13-17-9-7-6-8-10-17/h6-10,12,14-16,18-19H,11,13H2,1-5H3,(H,23,28)(H,24,27)(H,25,29). The molecule has 1 aromatic carbocycles. The zero-order valence-corrected chi connectivity index (χ0v) is 18.3. The third-order valence-electron chi connectivity index (χ3n) is 4.40. The van der Waals surface area contributed by atoms with Crippen LogP contribution in [0.15, 0.2) is 30.3 Å². The van der Waals surface area contributed by atoms with Gasteiger partial charge in [-0.2, -0.15) is 0 Å². The molecule has 0 radical (unpaired) electrons. The highest BCUT2D eigenvalue weighted by Crippen LogP contribution is 2.06. The molecule has 0 aliphatic rings. The van der Waals surface area contributed by atoms with Crippen molar-refractivity contribution in [3.8, 4) is 0 Å². The third kappa shape index (κ3) is 9.07. The fourth-order valence-electron chi connectivity index (χ4n) is 2.76. The van der Waals surface area contributed by atoms with E-state index in [1.807, 2.05) is 44.2 Å². The highest BCUT2D eigenvalue weighted by Gasteiger charge is 2.28. The van der Waals surface area contributed by atoms with Gasteiger partial charge in [-0.25, -0.2) is 4.79 Å². The second kappa shape index (κ2) is 12.6. The normalized spacial score (nSPS) is 13.8. The van der Waals surface area contributed by atoms with Crippen LogP contribution in [0.3, 0.4) is 0 Å². The van der Waals surface area contributed by atoms with Gasteiger partial charge in [0, 0.05) is 0 Å². The van der Waals surface area contributed by atoms with Crippen LogP contribution in [0.25, 0.3) is 0 Å². The first kappa shape index (κ1) is 25.1. The molecule has 0 saturated carbocycles. The van der Waals surface area contributed by atoms with Crippen LogP contribution < -0.4 is 16.0 Å². The molecule has 3 N–H and O–H groups in total. The summed E-state index contributed by atoms with van der Waals surface area (Å²) in [5, 5.41) is 7.75. The Labute approximate surface area is 178 Å². The highest BCUT2D eigenvalue weighted by atomic mass is 16.5. The minimum Gasteiger partial charge on any atom is -0.445 e. The van der Waals surface area contributed by atoms with Crippen molar-refractivity contribution in [2.45, 2.75) is 65.8 Å². The van der Waals surface area contributed by atoms with Crippen LogP contribution in [0, 0.1) is 11.8 Å². The topological polar surface area (TPSA) is 114 Å². The lowest BCUT2D eigenvalue weighted by molar-refractivity contribution is -0.131. The largest absolute Gasteiger partial charge is 0.445 e. The molecule has 3 atom stereocenters. The molecule has 8 heteroatoms. The summed E-state index contributed by atoms with van der Waals surface area (Å²) in [5.74, 6) is -0.957. The third-order valence-corrected chi connectivity index (χ3v) is 4.40. The van der Waals surface area contributed by atoms with Crippen LogP contribution in [0.5, 0.6) is 0 Å². The molecule has 30 heavy (non-hydrogen) atoms. The number of nitrogens with one attached hydrogen (secondary N) is 3. The Kier molecular flexibility index (Phi) is 10.6. The van der Waals surface area contributed by atoms with Crippen LogP contribution in [-0.4, -0.2) is 42.3 Å². The Morgan fingerprint density at radius 1 is 0.933 bits per heavy atom. The lowest BCUT2D eigenvalue weighted by Gasteiger charge is -2.24. The van der Waals surface area contributed by atoms with E-state index >= 15 is 0 Å². The molecule has 0 heterocycles. The van der Waals surface area contributed by atoms with Gasteiger partial charge in [0.2, 0.25) is 11.8 Å². The smallest absolute Gasteiger partial charge is 0.408 e. The van der Waals surface area contributed by atoms with E-state index in [9.17, 15) is 19.2 Å². The average molecular weight is 420 g/mol. The van der Waals surface area contributed by atoms with Crippen molar-refractivity contribution >= 4 is 24.2 Å². The molecule has 1 rings (SSSR count). The van der Waals surface area contributed by atoms with Gasteiger partial charge in [-0.3, -0.25) is 9.59 Å². The number of hydrogen-bond acceptors (Lipinski definition) is 5. The minimum absolute atomic E-state index is 0.0842. The number of rotatable bonds is 11. The molecule has 0 aliphatic heterocycles. The average Bonchev–Trinajstić information content (AvgIpc) is 2.69. The van der Waals surface area contributed by atoms with E-state index < -0.39 is 36.0 Å². The van der Waals surface area contributed by atoms with Gasteiger partial charge < -0.3 is 25.5 Å². The number of ether oxygens (including phenoxy) is 1. The maximum absolute atomic E-state index is 12.6. The Morgan fingerprint density at radius 3 is 2.10 bits per heavy atom. The van der Waals surface area contributed by atoms with E-state index in [-0.39, 0.29) is 18.4 Å². The van der Waals surface area contributed by atoms with Gasteiger partial charge in [0.15, 0.2) is 0 Å². The molecule has 0 aliphatic carbocycles. The first-order chi connectivity index (χ1) is 14.1. The number of carbonyl (C=O) groups excluding carboxylic acids is 4. The quantitative estimate of drug-likeness (QED) is 0.476. The summed E-state index contributed by atoms with van der Waals surface area (Å²) < 4.78 is 5.17. The SMILES string of the molecule is CC(C)CC(C=O)NC(=O)C(C)NC(=O)C(NC(=O)OCc1ccccc1)C(C)C. The molecule has 3 amide bonds. The van der Waals surface area contributed by atoms with Crippen molar-refractivity contribution in [1.29, 1.82) is 0 Å². The van der Waals surface area contributed by atoms with Crippen molar-refractivity contribution in [3.63, 3.8) is 0 Å². The van der Waals surface area contributed by atoms with Crippen molar-refractivity contribution in [2.75, 3.05) is 0 Å². The van der Waals surface area contributed by atoms with Gasteiger partial charge in [-0.1, -0.05) is 58.0 Å². The van der Waals surface area contributed by atoms with Crippen LogP contribution in [0.2, 0.25) is 0 Å². The van der Waals surface area contributed by atoms with E-state index in [1.54, 1.807) is 13.8 Å². The first-order valence-corrected chi connectivity index (χ1v) is 10.2. The molecule has 0 bridgehead atoms. The van der Waals surface area contributed by atoms with Gasteiger partial charge in [0.25, 0.3) is 0 Å². The van der Waals surface area contributed by atoms with E-state index in [2.05, 4.69) is 16.0 Å². The van der Waals surface area contributed by atoms with Crippen molar-refractivity contribution in [2.24, 2.45) is 11.8 Å². The number of hydrogen-bond donors (Lipinski definition) is 3. The Balaban J connectivity index is 2.59. The summed E-state index contributed by atoms with van der Waals surface area (Å²) in [6.07, 6.45) is 0.482. The molecule has 166 valence electrons. The summed E-state index contributed by atoms with van der Waals surface area (Å²) in [6, 6.07) is 6.84. The lowest BCUT2D eigenvalue weighted by Crippen LogP contribution is -2.55. The second-order valence-corrected chi connectivity index (χ2v) is 8.04. The predicted octanol–water partition coefficient (Wildman–Crippen LogP) is 2.17. The number of benzene rings is 1. The Morgan fingerprint density at radius 2 is 1.57 bits per heavy atom. The predicted molar refractivity (Wildman–Crippen MR) is 113 cm³/mol. The van der Waals surface area contributed by atoms with Crippen LogP contribution in [0.4, 0.5) is 4.79 Å². The second-order valence-electron chi connectivity index (χ2n) is 8.04. The van der Waals surface area contributed by atoms with E-state index in [1.165, 1.54) is 6.92 Å². The monoisotopic (exact) mass is 419 g/mol. The number of amides is 3. The van der Waals surface area contributed by atoms with Crippen molar-refractivity contribution < 1.29 is 23.9 Å².